The summed E-state index contributed by atoms with van der Waals surface area (Å²) in [6.07, 6.45) is 2.71. The largest absolute Gasteiger partial charge is 0.484 e. The minimum Gasteiger partial charge on any atom is -0.484 e. The molecule has 3 aliphatic carbocycles. The maximum absolute atomic E-state index is 13.5. The number of halogens is 2. The monoisotopic (exact) mass is 503 g/mol. The molecule has 9 heteroatoms. The molecule has 2 aromatic carbocycles. The molecule has 2 bridgehead atoms. The van der Waals surface area contributed by atoms with Crippen molar-refractivity contribution in [1.82, 2.24) is 16.0 Å². The quantitative estimate of drug-likeness (QED) is 0.537. The first-order chi connectivity index (χ1) is 16.5. The number of carbonyl (C=O) groups excluding carboxylic acids is 2. The SMILES string of the molecule is O=C(COc1ccc(Cl)c(F)c1)N[C@@H]1C[C@H](NC(=O)C2CSC(c3ccccc3)N2)C2CC1C2. The van der Waals surface area contributed by atoms with Crippen molar-refractivity contribution in [3.05, 3.63) is 64.9 Å². The summed E-state index contributed by atoms with van der Waals surface area (Å²) in [5, 5.41) is 9.86. The van der Waals surface area contributed by atoms with Crippen LogP contribution in [0.5, 0.6) is 5.75 Å². The van der Waals surface area contributed by atoms with E-state index in [1.807, 2.05) is 18.2 Å². The number of nitrogens with one attached hydrogen (secondary N) is 3. The van der Waals surface area contributed by atoms with Crippen LogP contribution in [0.3, 0.4) is 0 Å². The Balaban J connectivity index is 1.10. The lowest BCUT2D eigenvalue weighted by Crippen LogP contribution is -2.61. The van der Waals surface area contributed by atoms with Crippen molar-refractivity contribution in [2.75, 3.05) is 12.4 Å². The van der Waals surface area contributed by atoms with Gasteiger partial charge in [-0.05, 0) is 48.8 Å². The standard InChI is InChI=1S/C25H27ClFN3O3S/c26-18-7-6-17(10-19(18)27)33-12-23(31)28-20-11-21(16-8-15(20)9-16)29-24(32)22-13-34-25(30-22)14-4-2-1-3-5-14/h1-7,10,15-16,20-22,25,30H,8-9,11-13H2,(H,28,31)(H,29,32)/t15?,16?,20-,21+,22?,25?/m1/s1. The van der Waals surface area contributed by atoms with Crippen molar-refractivity contribution in [3.8, 4) is 5.75 Å². The van der Waals surface area contributed by atoms with Gasteiger partial charge in [0.15, 0.2) is 6.61 Å². The van der Waals surface area contributed by atoms with Crippen LogP contribution < -0.4 is 20.7 Å². The van der Waals surface area contributed by atoms with Crippen molar-refractivity contribution in [1.29, 1.82) is 0 Å². The van der Waals surface area contributed by atoms with Crippen LogP contribution in [0.4, 0.5) is 4.39 Å². The van der Waals surface area contributed by atoms with Gasteiger partial charge in [0.2, 0.25) is 5.91 Å². The Morgan fingerprint density at radius 3 is 2.53 bits per heavy atom. The predicted octanol–water partition coefficient (Wildman–Crippen LogP) is 3.66. The van der Waals surface area contributed by atoms with E-state index in [-0.39, 0.29) is 52.7 Å². The fourth-order valence-electron chi connectivity index (χ4n) is 5.07. The highest BCUT2D eigenvalue weighted by Crippen LogP contribution is 2.46. The third kappa shape index (κ3) is 5.19. The van der Waals surface area contributed by atoms with Gasteiger partial charge in [-0.2, -0.15) is 0 Å². The first-order valence-corrected chi connectivity index (χ1v) is 13.0. The topological polar surface area (TPSA) is 79.5 Å². The van der Waals surface area contributed by atoms with Crippen molar-refractivity contribution < 1.29 is 18.7 Å². The summed E-state index contributed by atoms with van der Waals surface area (Å²) in [7, 11) is 0. The number of thioether (sulfide) groups is 1. The van der Waals surface area contributed by atoms with E-state index < -0.39 is 5.82 Å². The fourth-order valence-corrected chi connectivity index (χ4v) is 6.43. The van der Waals surface area contributed by atoms with Crippen LogP contribution in [0.1, 0.15) is 30.2 Å². The lowest BCUT2D eigenvalue weighted by molar-refractivity contribution is -0.127. The van der Waals surface area contributed by atoms with Gasteiger partial charge < -0.3 is 15.4 Å². The van der Waals surface area contributed by atoms with Gasteiger partial charge in [0, 0.05) is 23.9 Å². The molecule has 0 aromatic heterocycles. The Morgan fingerprint density at radius 1 is 1.06 bits per heavy atom. The highest BCUT2D eigenvalue weighted by atomic mass is 35.5. The summed E-state index contributed by atoms with van der Waals surface area (Å²) in [6.45, 7) is -0.200. The molecule has 0 radical (unpaired) electrons. The number of ether oxygens (including phenoxy) is 1. The fraction of sp³-hybridized carbons (Fsp3) is 0.440. The highest BCUT2D eigenvalue weighted by molar-refractivity contribution is 7.99. The zero-order chi connectivity index (χ0) is 23.7. The Bertz CT molecular complexity index is 1050. The van der Waals surface area contributed by atoms with Crippen LogP contribution in [0.15, 0.2) is 48.5 Å². The molecule has 34 heavy (non-hydrogen) atoms. The molecule has 2 aromatic rings. The van der Waals surface area contributed by atoms with Gasteiger partial charge in [-0.3, -0.25) is 14.9 Å². The maximum Gasteiger partial charge on any atom is 0.258 e. The average molecular weight is 504 g/mol. The number of fused-ring (bicyclic) bond motifs is 2. The van der Waals surface area contributed by atoms with Gasteiger partial charge in [-0.15, -0.1) is 11.8 Å². The molecule has 1 heterocycles. The molecule has 4 atom stereocenters. The number of amides is 2. The number of rotatable bonds is 7. The van der Waals surface area contributed by atoms with Crippen LogP contribution >= 0.6 is 23.4 Å². The van der Waals surface area contributed by atoms with Gasteiger partial charge in [0.05, 0.1) is 16.4 Å². The minimum atomic E-state index is -0.587. The van der Waals surface area contributed by atoms with Crippen molar-refractivity contribution in [2.45, 2.75) is 42.8 Å². The predicted molar refractivity (Wildman–Crippen MR) is 130 cm³/mol. The normalized spacial score (nSPS) is 29.7. The maximum atomic E-state index is 13.5. The minimum absolute atomic E-state index is 0.00340. The van der Waals surface area contributed by atoms with Crippen LogP contribution in [0, 0.1) is 17.7 Å². The number of hydrogen-bond donors (Lipinski definition) is 3. The molecule has 6 rings (SSSR count). The number of hydrogen-bond acceptors (Lipinski definition) is 5. The molecule has 1 aliphatic heterocycles. The van der Waals surface area contributed by atoms with Crippen LogP contribution in [-0.2, 0) is 9.59 Å². The summed E-state index contributed by atoms with van der Waals surface area (Å²) in [5.41, 5.74) is 1.17. The second-order valence-electron chi connectivity index (χ2n) is 9.22. The molecule has 3 saturated carbocycles. The number of benzene rings is 2. The number of carbonyl (C=O) groups is 2. The van der Waals surface area contributed by atoms with Gasteiger partial charge in [0.1, 0.15) is 11.6 Å². The van der Waals surface area contributed by atoms with E-state index in [2.05, 4.69) is 28.1 Å². The summed E-state index contributed by atoms with van der Waals surface area (Å²) >= 11 is 7.42. The molecule has 2 unspecified atom stereocenters. The third-order valence-corrected chi connectivity index (χ3v) is 8.57. The van der Waals surface area contributed by atoms with Crippen molar-refractivity contribution >= 4 is 35.2 Å². The van der Waals surface area contributed by atoms with Gasteiger partial charge in [0.25, 0.3) is 5.91 Å². The zero-order valence-electron chi connectivity index (χ0n) is 18.5. The lowest BCUT2D eigenvalue weighted by atomic mass is 9.60. The molecule has 3 N–H and O–H groups in total. The Labute approximate surface area is 207 Å². The molecule has 1 saturated heterocycles. The Hall–Kier alpha value is -2.29. The van der Waals surface area contributed by atoms with Gasteiger partial charge in [-0.25, -0.2) is 4.39 Å². The molecule has 4 fully saturated rings. The van der Waals surface area contributed by atoms with E-state index in [1.54, 1.807) is 11.8 Å². The molecule has 6 nitrogen and oxygen atoms in total. The van der Waals surface area contributed by atoms with Crippen LogP contribution in [0.2, 0.25) is 5.02 Å². The molecule has 2 amide bonds. The first-order valence-electron chi connectivity index (χ1n) is 11.6. The van der Waals surface area contributed by atoms with Gasteiger partial charge in [-0.1, -0.05) is 41.9 Å². The second kappa shape index (κ2) is 10.1. The van der Waals surface area contributed by atoms with E-state index >= 15 is 0 Å². The molecule has 0 spiro atoms. The smallest absolute Gasteiger partial charge is 0.258 e. The van der Waals surface area contributed by atoms with Gasteiger partial charge >= 0.3 is 0 Å². The van der Waals surface area contributed by atoms with Crippen LogP contribution in [0.25, 0.3) is 0 Å². The van der Waals surface area contributed by atoms with Crippen molar-refractivity contribution in [2.24, 2.45) is 11.8 Å². The van der Waals surface area contributed by atoms with E-state index in [1.165, 1.54) is 17.7 Å². The Morgan fingerprint density at radius 2 is 1.79 bits per heavy atom. The summed E-state index contributed by atoms with van der Waals surface area (Å²) in [5.74, 6) is 1.07. The highest BCUT2D eigenvalue weighted by Gasteiger charge is 2.47. The van der Waals surface area contributed by atoms with E-state index in [0.717, 1.165) is 24.7 Å². The molecule has 4 aliphatic rings. The second-order valence-corrected chi connectivity index (χ2v) is 10.8. The van der Waals surface area contributed by atoms with E-state index in [9.17, 15) is 14.0 Å². The average Bonchev–Trinajstić information content (AvgIpc) is 3.30. The third-order valence-electron chi connectivity index (χ3n) is 6.99. The summed E-state index contributed by atoms with van der Waals surface area (Å²) in [4.78, 5) is 25.4. The van der Waals surface area contributed by atoms with Crippen molar-refractivity contribution in [3.63, 3.8) is 0 Å². The lowest BCUT2D eigenvalue weighted by Gasteiger charge is -2.51. The first kappa shape index (κ1) is 23.5. The molecular formula is C25H27ClFN3O3S. The summed E-state index contributed by atoms with van der Waals surface area (Å²) < 4.78 is 19.0. The van der Waals surface area contributed by atoms with E-state index in [0.29, 0.717) is 18.3 Å². The molecule has 180 valence electrons. The Kier molecular flexibility index (Phi) is 6.99. The van der Waals surface area contributed by atoms with E-state index in [4.69, 9.17) is 16.3 Å². The molecular weight excluding hydrogens is 477 g/mol. The zero-order valence-corrected chi connectivity index (χ0v) is 20.1. The van der Waals surface area contributed by atoms with Crippen LogP contribution in [-0.4, -0.2) is 42.3 Å². The summed E-state index contributed by atoms with van der Waals surface area (Å²) in [6, 6.07) is 14.0.